The van der Waals surface area contributed by atoms with E-state index in [0.29, 0.717) is 41.2 Å². The fourth-order valence-electron chi connectivity index (χ4n) is 4.26. The molecular formula is C26H38N4O3. The summed E-state index contributed by atoms with van der Waals surface area (Å²) < 4.78 is 12.7. The molecule has 0 amide bonds. The van der Waals surface area contributed by atoms with Gasteiger partial charge in [-0.05, 0) is 30.5 Å². The van der Waals surface area contributed by atoms with Gasteiger partial charge < -0.3 is 14.5 Å². The fraction of sp³-hybridized carbons (Fsp3) is 0.577. The van der Waals surface area contributed by atoms with E-state index in [-0.39, 0.29) is 5.56 Å². The molecule has 2 heterocycles. The molecular weight excluding hydrogens is 416 g/mol. The highest BCUT2D eigenvalue weighted by atomic mass is 16.5. The highest BCUT2D eigenvalue weighted by molar-refractivity contribution is 5.77. The van der Waals surface area contributed by atoms with E-state index in [1.54, 1.807) is 14.2 Å². The molecule has 0 aliphatic rings. The van der Waals surface area contributed by atoms with Crippen molar-refractivity contribution in [2.24, 2.45) is 0 Å². The van der Waals surface area contributed by atoms with Crippen LogP contribution in [0, 0.1) is 0 Å². The Hall–Kier alpha value is -2.83. The molecule has 0 fully saturated rings. The summed E-state index contributed by atoms with van der Waals surface area (Å²) in [7, 11) is 3.23. The van der Waals surface area contributed by atoms with Crippen LogP contribution in [-0.2, 0) is 19.4 Å². The van der Waals surface area contributed by atoms with E-state index in [9.17, 15) is 4.79 Å². The zero-order chi connectivity index (χ0) is 23.6. The molecule has 0 radical (unpaired) electrons. The average Bonchev–Trinajstić information content (AvgIpc) is 3.18. The number of methoxy groups -OCH3 is 2. The minimum Gasteiger partial charge on any atom is -0.493 e. The molecule has 0 aliphatic carbocycles. The number of H-pyrrole nitrogens is 1. The third-order valence-corrected chi connectivity index (χ3v) is 6.10. The van der Waals surface area contributed by atoms with Crippen molar-refractivity contribution < 1.29 is 9.47 Å². The smallest absolute Gasteiger partial charge is 0.262 e. The van der Waals surface area contributed by atoms with Gasteiger partial charge in [-0.1, -0.05) is 64.9 Å². The number of aryl methyl sites for hydroxylation is 2. The van der Waals surface area contributed by atoms with Gasteiger partial charge in [0.25, 0.3) is 5.56 Å². The molecule has 3 rings (SSSR count). The number of hydrogen-bond donors (Lipinski definition) is 1. The Balaban J connectivity index is 1.74. The second kappa shape index (κ2) is 12.4. The Morgan fingerprint density at radius 1 is 0.939 bits per heavy atom. The lowest BCUT2D eigenvalue weighted by atomic mass is 10.1. The number of aromatic nitrogens is 4. The average molecular weight is 455 g/mol. The first-order valence-corrected chi connectivity index (χ1v) is 12.3. The molecule has 3 aromatic rings. The first-order chi connectivity index (χ1) is 16.1. The van der Waals surface area contributed by atoms with E-state index >= 15 is 0 Å². The molecule has 7 nitrogen and oxygen atoms in total. The van der Waals surface area contributed by atoms with E-state index in [1.165, 1.54) is 44.9 Å². The van der Waals surface area contributed by atoms with Crippen molar-refractivity contribution in [2.45, 2.75) is 84.6 Å². The lowest BCUT2D eigenvalue weighted by Gasteiger charge is -2.09. The lowest BCUT2D eigenvalue weighted by molar-refractivity contribution is 0.354. The highest BCUT2D eigenvalue weighted by Gasteiger charge is 2.16. The summed E-state index contributed by atoms with van der Waals surface area (Å²) >= 11 is 0. The summed E-state index contributed by atoms with van der Waals surface area (Å²) in [5.41, 5.74) is 2.37. The molecule has 0 saturated carbocycles. The summed E-state index contributed by atoms with van der Waals surface area (Å²) in [6, 6.07) is 5.74. The molecule has 0 spiro atoms. The summed E-state index contributed by atoms with van der Waals surface area (Å²) in [5, 5.41) is 5.34. The van der Waals surface area contributed by atoms with E-state index < -0.39 is 0 Å². The topological polar surface area (TPSA) is 82.0 Å². The Kier molecular flexibility index (Phi) is 9.34. The van der Waals surface area contributed by atoms with Crippen LogP contribution in [0.25, 0.3) is 11.0 Å². The summed E-state index contributed by atoms with van der Waals surface area (Å²) in [6.07, 6.45) is 11.3. The van der Waals surface area contributed by atoms with Crippen LogP contribution < -0.4 is 15.0 Å². The van der Waals surface area contributed by atoms with Crippen molar-refractivity contribution in [2.75, 3.05) is 14.2 Å². The molecule has 2 aromatic heterocycles. The maximum Gasteiger partial charge on any atom is 0.262 e. The van der Waals surface area contributed by atoms with Crippen molar-refractivity contribution >= 4 is 11.0 Å². The van der Waals surface area contributed by atoms with Crippen molar-refractivity contribution in [1.82, 2.24) is 19.7 Å². The molecule has 1 N–H and O–H groups in total. The van der Waals surface area contributed by atoms with Gasteiger partial charge in [-0.25, -0.2) is 9.67 Å². The Morgan fingerprint density at radius 2 is 1.64 bits per heavy atom. The van der Waals surface area contributed by atoms with Crippen LogP contribution in [0.4, 0.5) is 0 Å². The zero-order valence-corrected chi connectivity index (χ0v) is 20.6. The van der Waals surface area contributed by atoms with Gasteiger partial charge in [0.05, 0.1) is 19.9 Å². The molecule has 0 saturated heterocycles. The minimum atomic E-state index is -0.116. The van der Waals surface area contributed by atoms with Crippen molar-refractivity contribution in [3.8, 4) is 11.5 Å². The van der Waals surface area contributed by atoms with Crippen LogP contribution in [-0.4, -0.2) is 34.0 Å². The van der Waals surface area contributed by atoms with Crippen molar-refractivity contribution in [1.29, 1.82) is 0 Å². The zero-order valence-electron chi connectivity index (χ0n) is 20.6. The number of unbranched alkanes of at least 4 members (excludes halogenated alkanes) is 7. The standard InChI is InChI=1S/C26H38N4O3/c1-5-7-8-9-10-11-12-13-16-30-25-24(20(6-2)29-30)26(31)28-23(27-25)18-19-14-15-21(32-3)22(17-19)33-4/h14-15,17H,5-13,16,18H2,1-4H3,(H,27,28,31). The predicted molar refractivity (Wildman–Crippen MR) is 132 cm³/mol. The van der Waals surface area contributed by atoms with Crippen molar-refractivity contribution in [3.63, 3.8) is 0 Å². The van der Waals surface area contributed by atoms with E-state index in [1.807, 2.05) is 29.8 Å². The van der Waals surface area contributed by atoms with Gasteiger partial charge in [-0.3, -0.25) is 4.79 Å². The maximum atomic E-state index is 12.9. The van der Waals surface area contributed by atoms with Gasteiger partial charge in [0.15, 0.2) is 17.1 Å². The first-order valence-electron chi connectivity index (χ1n) is 12.3. The molecule has 7 heteroatoms. The van der Waals surface area contributed by atoms with E-state index in [2.05, 4.69) is 11.9 Å². The molecule has 0 bridgehead atoms. The summed E-state index contributed by atoms with van der Waals surface area (Å²) in [4.78, 5) is 20.7. The fourth-order valence-corrected chi connectivity index (χ4v) is 4.26. The Morgan fingerprint density at radius 3 is 2.30 bits per heavy atom. The van der Waals surface area contributed by atoms with Gasteiger partial charge in [0.2, 0.25) is 0 Å². The van der Waals surface area contributed by atoms with Gasteiger partial charge in [0, 0.05) is 13.0 Å². The number of ether oxygens (including phenoxy) is 2. The van der Waals surface area contributed by atoms with Gasteiger partial charge in [-0.2, -0.15) is 5.10 Å². The number of rotatable bonds is 14. The normalized spacial score (nSPS) is 11.3. The number of fused-ring (bicyclic) bond motifs is 1. The van der Waals surface area contributed by atoms with Crippen molar-refractivity contribution in [3.05, 3.63) is 45.6 Å². The molecule has 0 unspecified atom stereocenters. The molecule has 0 aliphatic heterocycles. The van der Waals surface area contributed by atoms with Crippen LogP contribution in [0.1, 0.15) is 82.3 Å². The number of nitrogens with zero attached hydrogens (tertiary/aromatic N) is 3. The third kappa shape index (κ3) is 6.36. The largest absolute Gasteiger partial charge is 0.493 e. The van der Waals surface area contributed by atoms with Crippen LogP contribution >= 0.6 is 0 Å². The number of benzene rings is 1. The molecule has 180 valence electrons. The van der Waals surface area contributed by atoms with E-state index in [4.69, 9.17) is 19.6 Å². The summed E-state index contributed by atoms with van der Waals surface area (Å²) in [5.74, 6) is 1.96. The number of hydrogen-bond acceptors (Lipinski definition) is 5. The number of aromatic amines is 1. The number of nitrogens with one attached hydrogen (secondary N) is 1. The minimum absolute atomic E-state index is 0.116. The monoisotopic (exact) mass is 454 g/mol. The molecule has 0 atom stereocenters. The molecule has 33 heavy (non-hydrogen) atoms. The van der Waals surface area contributed by atoms with Gasteiger partial charge in [0.1, 0.15) is 11.2 Å². The van der Waals surface area contributed by atoms with Gasteiger partial charge >= 0.3 is 0 Å². The van der Waals surface area contributed by atoms with Crippen LogP contribution in [0.15, 0.2) is 23.0 Å². The highest BCUT2D eigenvalue weighted by Crippen LogP contribution is 2.28. The third-order valence-electron chi connectivity index (χ3n) is 6.10. The maximum absolute atomic E-state index is 12.9. The second-order valence-corrected chi connectivity index (χ2v) is 8.58. The summed E-state index contributed by atoms with van der Waals surface area (Å²) in [6.45, 7) is 5.06. The Labute approximate surface area is 196 Å². The second-order valence-electron chi connectivity index (χ2n) is 8.58. The SMILES string of the molecule is CCCCCCCCCCn1nc(CC)c2c(=O)[nH]c(Cc3ccc(OC)c(OC)c3)nc21. The van der Waals surface area contributed by atoms with E-state index in [0.717, 1.165) is 24.2 Å². The first kappa shape index (κ1) is 24.8. The quantitative estimate of drug-likeness (QED) is 0.328. The lowest BCUT2D eigenvalue weighted by Crippen LogP contribution is -2.14. The predicted octanol–water partition coefficient (Wildman–Crippen LogP) is 5.43. The Bertz CT molecular complexity index is 1090. The van der Waals surface area contributed by atoms with Crippen LogP contribution in [0.2, 0.25) is 0 Å². The van der Waals surface area contributed by atoms with Crippen LogP contribution in [0.5, 0.6) is 11.5 Å². The van der Waals surface area contributed by atoms with Crippen LogP contribution in [0.3, 0.4) is 0 Å². The molecule has 1 aromatic carbocycles. The van der Waals surface area contributed by atoms with Gasteiger partial charge in [-0.15, -0.1) is 0 Å².